The molecule has 0 spiro atoms. The molecule has 8 heteroatoms. The zero-order chi connectivity index (χ0) is 26.3. The number of aryl methyl sites for hydroxylation is 2. The standard InChI is InChI=1S/C29H31N3O3S2/c1-5-17(2)32-27(34)24(37-29(32)35)16-20-15-18(3)31(19(20)4)28-25(22-13-9-10-14-23(22)36-28)26(33)30-21-11-7-6-8-12-21/h6-8,11-12,15-17H,5,9-10,13-14H2,1-4H3,(H,30,33)/b24-16+/t17-/m0/s1. The van der Waals surface area contributed by atoms with Gasteiger partial charge >= 0.3 is 0 Å². The molecule has 3 aromatic rings. The third kappa shape index (κ3) is 4.68. The summed E-state index contributed by atoms with van der Waals surface area (Å²) in [6.07, 6.45) is 6.64. The Balaban J connectivity index is 1.56. The van der Waals surface area contributed by atoms with Crippen LogP contribution in [0.25, 0.3) is 11.1 Å². The molecule has 1 fully saturated rings. The number of hydrogen-bond acceptors (Lipinski definition) is 5. The van der Waals surface area contributed by atoms with Crippen LogP contribution >= 0.6 is 23.1 Å². The maximum atomic E-state index is 13.6. The Morgan fingerprint density at radius 1 is 1.14 bits per heavy atom. The molecule has 1 N–H and O–H groups in total. The molecule has 37 heavy (non-hydrogen) atoms. The highest BCUT2D eigenvalue weighted by Gasteiger charge is 2.38. The fraction of sp³-hybridized carbons (Fsp3) is 0.345. The molecule has 0 unspecified atom stereocenters. The summed E-state index contributed by atoms with van der Waals surface area (Å²) >= 11 is 2.69. The topological polar surface area (TPSA) is 71.4 Å². The van der Waals surface area contributed by atoms with Gasteiger partial charge in [0.05, 0.1) is 10.5 Å². The van der Waals surface area contributed by atoms with Crippen LogP contribution in [0.4, 0.5) is 10.5 Å². The van der Waals surface area contributed by atoms with Gasteiger partial charge in [0.1, 0.15) is 5.00 Å². The highest BCUT2D eigenvalue weighted by Crippen LogP contribution is 2.40. The maximum absolute atomic E-state index is 13.6. The molecule has 192 valence electrons. The molecule has 5 rings (SSSR count). The lowest BCUT2D eigenvalue weighted by Gasteiger charge is -2.19. The average Bonchev–Trinajstić information content (AvgIpc) is 3.49. The minimum absolute atomic E-state index is 0.0932. The summed E-state index contributed by atoms with van der Waals surface area (Å²) in [7, 11) is 0. The second-order valence-electron chi connectivity index (χ2n) is 9.68. The van der Waals surface area contributed by atoms with Gasteiger partial charge in [-0.3, -0.25) is 19.3 Å². The number of amides is 3. The second-order valence-corrected chi connectivity index (χ2v) is 11.8. The van der Waals surface area contributed by atoms with Crippen molar-refractivity contribution in [3.8, 4) is 5.00 Å². The molecule has 6 nitrogen and oxygen atoms in total. The summed E-state index contributed by atoms with van der Waals surface area (Å²) in [5, 5.41) is 3.79. The van der Waals surface area contributed by atoms with Crippen LogP contribution in [-0.2, 0) is 17.6 Å². The van der Waals surface area contributed by atoms with Gasteiger partial charge in [-0.2, -0.15) is 0 Å². The zero-order valence-electron chi connectivity index (χ0n) is 21.6. The van der Waals surface area contributed by atoms with Crippen LogP contribution in [0.15, 0.2) is 41.3 Å². The van der Waals surface area contributed by atoms with E-state index in [-0.39, 0.29) is 23.1 Å². The third-order valence-corrected chi connectivity index (χ3v) is 9.39. The van der Waals surface area contributed by atoms with Gasteiger partial charge in [0.15, 0.2) is 0 Å². The van der Waals surface area contributed by atoms with Gasteiger partial charge < -0.3 is 9.88 Å². The minimum Gasteiger partial charge on any atom is -0.322 e. The lowest BCUT2D eigenvalue weighted by atomic mass is 9.95. The van der Waals surface area contributed by atoms with Crippen molar-refractivity contribution >= 4 is 51.9 Å². The van der Waals surface area contributed by atoms with E-state index in [1.165, 1.54) is 9.78 Å². The molecule has 1 aliphatic carbocycles. The van der Waals surface area contributed by atoms with E-state index >= 15 is 0 Å². The van der Waals surface area contributed by atoms with Gasteiger partial charge in [-0.25, -0.2) is 0 Å². The van der Waals surface area contributed by atoms with Crippen LogP contribution in [-0.4, -0.2) is 32.6 Å². The van der Waals surface area contributed by atoms with E-state index in [4.69, 9.17) is 0 Å². The van der Waals surface area contributed by atoms with Crippen molar-refractivity contribution in [2.75, 3.05) is 5.32 Å². The van der Waals surface area contributed by atoms with E-state index in [0.29, 0.717) is 4.91 Å². The van der Waals surface area contributed by atoms with E-state index in [2.05, 4.69) is 9.88 Å². The molecule has 3 amide bonds. The Morgan fingerprint density at radius 3 is 2.59 bits per heavy atom. The number of anilines is 1. The number of imide groups is 1. The normalized spacial score (nSPS) is 17.4. The smallest absolute Gasteiger partial charge is 0.293 e. The minimum atomic E-state index is -0.233. The third-order valence-electron chi connectivity index (χ3n) is 7.23. The van der Waals surface area contributed by atoms with Crippen LogP contribution in [0.1, 0.15) is 70.9 Å². The largest absolute Gasteiger partial charge is 0.322 e. The van der Waals surface area contributed by atoms with Crippen LogP contribution < -0.4 is 5.32 Å². The van der Waals surface area contributed by atoms with Crippen molar-refractivity contribution in [1.29, 1.82) is 0 Å². The lowest BCUT2D eigenvalue weighted by Crippen LogP contribution is -2.36. The Hall–Kier alpha value is -3.10. The van der Waals surface area contributed by atoms with E-state index in [1.54, 1.807) is 11.3 Å². The summed E-state index contributed by atoms with van der Waals surface area (Å²) in [5.41, 5.74) is 5.48. The first-order chi connectivity index (χ1) is 17.8. The Bertz CT molecular complexity index is 1420. The van der Waals surface area contributed by atoms with Crippen molar-refractivity contribution in [2.45, 2.75) is 65.8 Å². The lowest BCUT2D eigenvalue weighted by molar-refractivity contribution is -0.124. The summed E-state index contributed by atoms with van der Waals surface area (Å²) in [6.45, 7) is 7.89. The fourth-order valence-corrected chi connectivity index (χ4v) is 7.51. The molecule has 1 aromatic carbocycles. The highest BCUT2D eigenvalue weighted by molar-refractivity contribution is 8.18. The molecule has 0 saturated carbocycles. The first-order valence-corrected chi connectivity index (χ1v) is 14.4. The van der Waals surface area contributed by atoms with Crippen LogP contribution in [0, 0.1) is 13.8 Å². The molecule has 0 bridgehead atoms. The van der Waals surface area contributed by atoms with Crippen molar-refractivity contribution in [3.63, 3.8) is 0 Å². The summed E-state index contributed by atoms with van der Waals surface area (Å²) in [5.74, 6) is -0.326. The van der Waals surface area contributed by atoms with Gasteiger partial charge in [0.25, 0.3) is 17.1 Å². The fourth-order valence-electron chi connectivity index (χ4n) is 5.09. The van der Waals surface area contributed by atoms with Crippen molar-refractivity contribution < 1.29 is 14.4 Å². The molecular weight excluding hydrogens is 502 g/mol. The Labute approximate surface area is 225 Å². The maximum Gasteiger partial charge on any atom is 0.293 e. The zero-order valence-corrected chi connectivity index (χ0v) is 23.2. The number of para-hydroxylation sites is 1. The molecule has 2 aromatic heterocycles. The van der Waals surface area contributed by atoms with Crippen molar-refractivity contribution in [1.82, 2.24) is 9.47 Å². The SMILES string of the molecule is CC[C@H](C)N1C(=O)S/C(=C/c2cc(C)n(-c3sc4c(c3C(=O)Nc3ccccc3)CCCC4)c2C)C1=O. The molecule has 0 radical (unpaired) electrons. The number of thioether (sulfide) groups is 1. The van der Waals surface area contributed by atoms with Crippen molar-refractivity contribution in [3.05, 3.63) is 74.3 Å². The van der Waals surface area contributed by atoms with E-state index in [0.717, 1.165) is 82.6 Å². The molecular formula is C29H31N3O3S2. The number of fused-ring (bicyclic) bond motifs is 1. The van der Waals surface area contributed by atoms with Gasteiger partial charge in [-0.1, -0.05) is 25.1 Å². The van der Waals surface area contributed by atoms with Gasteiger partial charge in [-0.15, -0.1) is 11.3 Å². The Morgan fingerprint density at radius 2 is 1.86 bits per heavy atom. The van der Waals surface area contributed by atoms with Crippen LogP contribution in [0.2, 0.25) is 0 Å². The number of nitrogens with one attached hydrogen (secondary N) is 1. The second kappa shape index (κ2) is 10.3. The van der Waals surface area contributed by atoms with Gasteiger partial charge in [0, 0.05) is 28.0 Å². The van der Waals surface area contributed by atoms with Crippen molar-refractivity contribution in [2.24, 2.45) is 0 Å². The van der Waals surface area contributed by atoms with Crippen LogP contribution in [0.5, 0.6) is 0 Å². The van der Waals surface area contributed by atoms with E-state index in [9.17, 15) is 14.4 Å². The molecule has 1 atom stereocenters. The Kier molecular flexibility index (Phi) is 7.14. The number of rotatable bonds is 6. The molecule has 1 saturated heterocycles. The summed E-state index contributed by atoms with van der Waals surface area (Å²) < 4.78 is 2.13. The van der Waals surface area contributed by atoms with Crippen LogP contribution in [0.3, 0.4) is 0 Å². The predicted octanol–water partition coefficient (Wildman–Crippen LogP) is 7.12. The monoisotopic (exact) mass is 533 g/mol. The number of carbonyl (C=O) groups excluding carboxylic acids is 3. The number of benzene rings is 1. The quantitative estimate of drug-likeness (QED) is 0.343. The van der Waals surface area contributed by atoms with E-state index in [1.807, 2.05) is 70.2 Å². The summed E-state index contributed by atoms with van der Waals surface area (Å²) in [4.78, 5) is 42.2. The van der Waals surface area contributed by atoms with Gasteiger partial charge in [0.2, 0.25) is 0 Å². The number of thiophene rings is 1. The number of aromatic nitrogens is 1. The molecule has 3 heterocycles. The summed E-state index contributed by atoms with van der Waals surface area (Å²) in [6, 6.07) is 11.4. The number of carbonyl (C=O) groups is 3. The van der Waals surface area contributed by atoms with E-state index < -0.39 is 0 Å². The average molecular weight is 534 g/mol. The molecule has 1 aliphatic heterocycles. The number of hydrogen-bond donors (Lipinski definition) is 1. The highest BCUT2D eigenvalue weighted by atomic mass is 32.2. The first kappa shape index (κ1) is 25.5. The van der Waals surface area contributed by atoms with Gasteiger partial charge in [-0.05, 0) is 100 Å². The molecule has 2 aliphatic rings. The predicted molar refractivity (Wildman–Crippen MR) is 152 cm³/mol. The first-order valence-electron chi connectivity index (χ1n) is 12.8. The number of nitrogens with zero attached hydrogens (tertiary/aromatic N) is 2.